The van der Waals surface area contributed by atoms with Gasteiger partial charge in [0.25, 0.3) is 0 Å². The van der Waals surface area contributed by atoms with Crippen molar-refractivity contribution in [2.75, 3.05) is 18.0 Å². The molecule has 0 radical (unpaired) electrons. The summed E-state index contributed by atoms with van der Waals surface area (Å²) in [5, 5.41) is 13.2. The van der Waals surface area contributed by atoms with Crippen LogP contribution in [0.3, 0.4) is 0 Å². The van der Waals surface area contributed by atoms with Crippen LogP contribution < -0.4 is 4.90 Å². The summed E-state index contributed by atoms with van der Waals surface area (Å²) in [5.74, 6) is 2.55. The van der Waals surface area contributed by atoms with E-state index in [9.17, 15) is 0 Å². The Balaban J connectivity index is 1.70. The smallest absolute Gasteiger partial charge is 0.178 e. The van der Waals surface area contributed by atoms with Crippen molar-refractivity contribution in [3.05, 3.63) is 18.0 Å². The van der Waals surface area contributed by atoms with Gasteiger partial charge in [-0.05, 0) is 38.8 Å². The zero-order chi connectivity index (χ0) is 13.7. The van der Waals surface area contributed by atoms with E-state index < -0.39 is 0 Å². The van der Waals surface area contributed by atoms with Gasteiger partial charge < -0.3 is 9.64 Å². The Morgan fingerprint density at radius 1 is 1.10 bits per heavy atom. The van der Waals surface area contributed by atoms with Crippen LogP contribution in [0.15, 0.2) is 12.1 Å². The molecule has 0 amide bonds. The summed E-state index contributed by atoms with van der Waals surface area (Å²) in [7, 11) is 0. The summed E-state index contributed by atoms with van der Waals surface area (Å²) in [6.45, 7) is 5.97. The first-order valence-corrected chi connectivity index (χ1v) is 7.33. The van der Waals surface area contributed by atoms with Crippen LogP contribution in [-0.2, 0) is 4.74 Å². The second-order valence-corrected chi connectivity index (χ2v) is 5.96. The van der Waals surface area contributed by atoms with Crippen LogP contribution >= 0.6 is 0 Å². The van der Waals surface area contributed by atoms with Crippen LogP contribution in [-0.4, -0.2) is 45.1 Å². The second-order valence-electron chi connectivity index (χ2n) is 5.96. The van der Waals surface area contributed by atoms with Gasteiger partial charge in [0.15, 0.2) is 11.5 Å². The lowest BCUT2D eigenvalue weighted by atomic mass is 10.2. The van der Waals surface area contributed by atoms with Gasteiger partial charge in [0.1, 0.15) is 5.82 Å². The molecule has 1 saturated carbocycles. The number of aromatic nitrogens is 4. The summed E-state index contributed by atoms with van der Waals surface area (Å²) in [5.41, 5.74) is 0.838. The van der Waals surface area contributed by atoms with Crippen LogP contribution in [0.1, 0.15) is 38.4 Å². The van der Waals surface area contributed by atoms with Gasteiger partial charge >= 0.3 is 0 Å². The first kappa shape index (κ1) is 12.1. The van der Waals surface area contributed by atoms with Gasteiger partial charge in [-0.15, -0.1) is 15.3 Å². The number of rotatable bonds is 2. The van der Waals surface area contributed by atoms with E-state index in [0.29, 0.717) is 5.92 Å². The number of anilines is 1. The van der Waals surface area contributed by atoms with Gasteiger partial charge in [-0.1, -0.05) is 0 Å². The highest BCUT2D eigenvalue weighted by Crippen LogP contribution is 2.38. The summed E-state index contributed by atoms with van der Waals surface area (Å²) >= 11 is 0. The maximum atomic E-state index is 5.78. The Hall–Kier alpha value is -1.69. The highest BCUT2D eigenvalue weighted by Gasteiger charge is 2.30. The van der Waals surface area contributed by atoms with Gasteiger partial charge in [0.05, 0.1) is 12.2 Å². The normalized spacial score (nSPS) is 27.2. The maximum absolute atomic E-state index is 5.78. The molecule has 1 saturated heterocycles. The van der Waals surface area contributed by atoms with Crippen molar-refractivity contribution in [3.8, 4) is 0 Å². The largest absolute Gasteiger partial charge is 0.372 e. The molecule has 2 aromatic rings. The molecule has 0 bridgehead atoms. The number of nitrogens with zero attached hydrogens (tertiary/aromatic N) is 5. The van der Waals surface area contributed by atoms with E-state index in [1.807, 2.05) is 16.6 Å². The van der Waals surface area contributed by atoms with E-state index in [1.165, 1.54) is 12.8 Å². The summed E-state index contributed by atoms with van der Waals surface area (Å²) in [4.78, 5) is 2.29. The molecular formula is C14H19N5O. The Labute approximate surface area is 117 Å². The standard InChI is InChI=1S/C14H19N5O/c1-9-7-18(8-10(2)20-9)13-6-5-12-15-16-14(11-3-4-11)19(12)17-13/h5-6,9-11H,3-4,7-8H2,1-2H3. The van der Waals surface area contributed by atoms with Crippen molar-refractivity contribution >= 4 is 11.5 Å². The number of fused-ring (bicyclic) bond motifs is 1. The fourth-order valence-electron chi connectivity index (χ4n) is 2.93. The summed E-state index contributed by atoms with van der Waals surface area (Å²) in [6.07, 6.45) is 2.89. The second kappa shape index (κ2) is 4.41. The molecular weight excluding hydrogens is 254 g/mol. The third kappa shape index (κ3) is 2.04. The van der Waals surface area contributed by atoms with Crippen LogP contribution in [0.4, 0.5) is 5.82 Å². The molecule has 0 spiro atoms. The Kier molecular flexibility index (Phi) is 2.66. The molecule has 2 unspecified atom stereocenters. The quantitative estimate of drug-likeness (QED) is 0.832. The van der Waals surface area contributed by atoms with E-state index in [4.69, 9.17) is 9.84 Å². The molecule has 0 N–H and O–H groups in total. The predicted molar refractivity (Wildman–Crippen MR) is 75.0 cm³/mol. The molecule has 3 heterocycles. The average molecular weight is 273 g/mol. The molecule has 6 nitrogen and oxygen atoms in total. The molecule has 6 heteroatoms. The van der Waals surface area contributed by atoms with Crippen molar-refractivity contribution in [2.45, 2.75) is 44.8 Å². The molecule has 2 fully saturated rings. The first-order valence-electron chi connectivity index (χ1n) is 7.33. The van der Waals surface area contributed by atoms with Crippen molar-refractivity contribution in [3.63, 3.8) is 0 Å². The lowest BCUT2D eigenvalue weighted by Crippen LogP contribution is -2.46. The van der Waals surface area contributed by atoms with E-state index in [2.05, 4.69) is 28.9 Å². The van der Waals surface area contributed by atoms with Crippen LogP contribution in [0, 0.1) is 0 Å². The molecule has 20 heavy (non-hydrogen) atoms. The lowest BCUT2D eigenvalue weighted by molar-refractivity contribution is -0.00551. The number of hydrogen-bond acceptors (Lipinski definition) is 5. The van der Waals surface area contributed by atoms with Gasteiger partial charge in [0, 0.05) is 19.0 Å². The van der Waals surface area contributed by atoms with Crippen LogP contribution in [0.25, 0.3) is 5.65 Å². The minimum atomic E-state index is 0.236. The van der Waals surface area contributed by atoms with E-state index in [1.54, 1.807) is 0 Å². The molecule has 4 rings (SSSR count). The molecule has 0 aromatic carbocycles. The molecule has 2 aromatic heterocycles. The van der Waals surface area contributed by atoms with Gasteiger partial charge in [-0.2, -0.15) is 4.52 Å². The highest BCUT2D eigenvalue weighted by atomic mass is 16.5. The zero-order valence-electron chi connectivity index (χ0n) is 11.9. The van der Waals surface area contributed by atoms with Crippen LogP contribution in [0.2, 0.25) is 0 Å². The molecule has 106 valence electrons. The average Bonchev–Trinajstić information content (AvgIpc) is 3.17. The monoisotopic (exact) mass is 273 g/mol. The Morgan fingerprint density at radius 2 is 1.85 bits per heavy atom. The minimum Gasteiger partial charge on any atom is -0.372 e. The third-order valence-corrected chi connectivity index (χ3v) is 3.96. The topological polar surface area (TPSA) is 55.6 Å². The van der Waals surface area contributed by atoms with Gasteiger partial charge in [-0.3, -0.25) is 0 Å². The molecule has 1 aliphatic heterocycles. The number of morpholine rings is 1. The fraction of sp³-hybridized carbons (Fsp3) is 0.643. The summed E-state index contributed by atoms with van der Waals surface area (Å²) < 4.78 is 7.70. The SMILES string of the molecule is CC1CN(c2ccc3nnc(C4CC4)n3n2)CC(C)O1. The molecule has 2 aliphatic rings. The van der Waals surface area contributed by atoms with Crippen molar-refractivity contribution in [2.24, 2.45) is 0 Å². The van der Waals surface area contributed by atoms with Crippen molar-refractivity contribution in [1.29, 1.82) is 0 Å². The van der Waals surface area contributed by atoms with Crippen molar-refractivity contribution < 1.29 is 4.74 Å². The molecule has 1 aliphatic carbocycles. The van der Waals surface area contributed by atoms with Gasteiger partial charge in [0.2, 0.25) is 0 Å². The number of hydrogen-bond donors (Lipinski definition) is 0. The Bertz CT molecular complexity index is 626. The Morgan fingerprint density at radius 3 is 2.55 bits per heavy atom. The molecule has 2 atom stereocenters. The van der Waals surface area contributed by atoms with Gasteiger partial charge in [-0.25, -0.2) is 0 Å². The lowest BCUT2D eigenvalue weighted by Gasteiger charge is -2.35. The number of ether oxygens (including phenoxy) is 1. The minimum absolute atomic E-state index is 0.236. The zero-order valence-corrected chi connectivity index (χ0v) is 11.9. The third-order valence-electron chi connectivity index (χ3n) is 3.96. The first-order chi connectivity index (χ1) is 9.70. The van der Waals surface area contributed by atoms with Crippen molar-refractivity contribution in [1.82, 2.24) is 19.8 Å². The summed E-state index contributed by atoms with van der Waals surface area (Å²) in [6, 6.07) is 4.04. The van der Waals surface area contributed by atoms with E-state index >= 15 is 0 Å². The fourth-order valence-corrected chi connectivity index (χ4v) is 2.93. The highest BCUT2D eigenvalue weighted by molar-refractivity contribution is 5.46. The predicted octanol–water partition coefficient (Wildman–Crippen LogP) is 1.62. The van der Waals surface area contributed by atoms with Crippen LogP contribution in [0.5, 0.6) is 0 Å². The van der Waals surface area contributed by atoms with E-state index in [0.717, 1.165) is 30.4 Å². The maximum Gasteiger partial charge on any atom is 0.178 e. The van der Waals surface area contributed by atoms with E-state index in [-0.39, 0.29) is 12.2 Å².